The molecule has 19 heavy (non-hydrogen) atoms. The van der Waals surface area contributed by atoms with Crippen molar-refractivity contribution in [3.63, 3.8) is 0 Å². The van der Waals surface area contributed by atoms with E-state index in [1.807, 2.05) is 0 Å². The average Bonchev–Trinajstić information content (AvgIpc) is 2.26. The molecule has 0 aromatic rings. The van der Waals surface area contributed by atoms with E-state index in [1.54, 1.807) is 0 Å². The first-order valence-electron chi connectivity index (χ1n) is 7.76. The summed E-state index contributed by atoms with van der Waals surface area (Å²) in [5.74, 6) is 1.94. The van der Waals surface area contributed by atoms with Crippen LogP contribution in [0, 0.1) is 17.8 Å². The second-order valence-corrected chi connectivity index (χ2v) is 6.45. The largest absolute Gasteiger partial charge is 0.639 e. The van der Waals surface area contributed by atoms with Crippen LogP contribution in [0.5, 0.6) is 0 Å². The molecule has 0 N–H and O–H groups in total. The summed E-state index contributed by atoms with van der Waals surface area (Å²) < 4.78 is 17.0. The summed E-state index contributed by atoms with van der Waals surface area (Å²) in [4.78, 5) is 0. The molecule has 114 valence electrons. The van der Waals surface area contributed by atoms with Gasteiger partial charge in [-0.15, -0.1) is 0 Å². The van der Waals surface area contributed by atoms with Gasteiger partial charge >= 0.3 is 7.32 Å². The van der Waals surface area contributed by atoms with Gasteiger partial charge < -0.3 is 14.0 Å². The van der Waals surface area contributed by atoms with E-state index < -0.39 is 7.32 Å². The van der Waals surface area contributed by atoms with Crippen molar-refractivity contribution < 1.29 is 14.0 Å². The highest BCUT2D eigenvalue weighted by Crippen LogP contribution is 2.06. The van der Waals surface area contributed by atoms with Gasteiger partial charge in [0.25, 0.3) is 0 Å². The third-order valence-corrected chi connectivity index (χ3v) is 2.85. The summed E-state index contributed by atoms with van der Waals surface area (Å²) in [6.45, 7) is 15.3. The predicted molar refractivity (Wildman–Crippen MR) is 82.0 cm³/mol. The molecule has 0 aliphatic rings. The fraction of sp³-hybridized carbons (Fsp3) is 1.00. The SMILES string of the molecule is CC(C)CCOB(OCCC(C)C)OCCC(C)C. The van der Waals surface area contributed by atoms with Crippen molar-refractivity contribution in [1.82, 2.24) is 0 Å². The number of hydrogen-bond acceptors (Lipinski definition) is 3. The summed E-state index contributed by atoms with van der Waals surface area (Å²) in [6, 6.07) is 0. The van der Waals surface area contributed by atoms with Gasteiger partial charge in [0.15, 0.2) is 0 Å². The van der Waals surface area contributed by atoms with Crippen LogP contribution in [-0.4, -0.2) is 27.1 Å². The van der Waals surface area contributed by atoms with Gasteiger partial charge in [-0.05, 0) is 37.0 Å². The first kappa shape index (κ1) is 18.9. The zero-order valence-corrected chi connectivity index (χ0v) is 13.8. The maximum absolute atomic E-state index is 5.67. The first-order valence-corrected chi connectivity index (χ1v) is 7.76. The highest BCUT2D eigenvalue weighted by Gasteiger charge is 2.21. The van der Waals surface area contributed by atoms with Gasteiger partial charge in [0.2, 0.25) is 0 Å². The molecule has 0 atom stereocenters. The van der Waals surface area contributed by atoms with Gasteiger partial charge in [-0.3, -0.25) is 0 Å². The zero-order chi connectivity index (χ0) is 14.7. The van der Waals surface area contributed by atoms with E-state index in [4.69, 9.17) is 14.0 Å². The molecule has 0 amide bonds. The van der Waals surface area contributed by atoms with Crippen molar-refractivity contribution in [3.8, 4) is 0 Å². The molecule has 0 saturated heterocycles. The van der Waals surface area contributed by atoms with Gasteiger partial charge in [0.1, 0.15) is 0 Å². The lowest BCUT2D eigenvalue weighted by molar-refractivity contribution is 0.0826. The Morgan fingerprint density at radius 2 is 0.842 bits per heavy atom. The average molecular weight is 272 g/mol. The van der Waals surface area contributed by atoms with Gasteiger partial charge in [-0.25, -0.2) is 0 Å². The smallest absolute Gasteiger partial charge is 0.386 e. The third kappa shape index (κ3) is 14.2. The second kappa shape index (κ2) is 11.7. The van der Waals surface area contributed by atoms with Gasteiger partial charge in [-0.1, -0.05) is 41.5 Å². The predicted octanol–water partition coefficient (Wildman–Crippen LogP) is 4.16. The quantitative estimate of drug-likeness (QED) is 0.499. The maximum atomic E-state index is 5.67. The minimum absolute atomic E-state index is 0.490. The van der Waals surface area contributed by atoms with E-state index in [9.17, 15) is 0 Å². The molecule has 3 nitrogen and oxygen atoms in total. The summed E-state index contributed by atoms with van der Waals surface area (Å²) >= 11 is 0. The van der Waals surface area contributed by atoms with Gasteiger partial charge in [-0.2, -0.15) is 0 Å². The van der Waals surface area contributed by atoms with E-state index in [1.165, 1.54) is 0 Å². The maximum Gasteiger partial charge on any atom is 0.639 e. The van der Waals surface area contributed by atoms with E-state index >= 15 is 0 Å². The molecular formula is C15H33BO3. The van der Waals surface area contributed by atoms with E-state index in [0.717, 1.165) is 19.3 Å². The highest BCUT2D eigenvalue weighted by molar-refractivity contribution is 6.36. The number of rotatable bonds is 12. The topological polar surface area (TPSA) is 27.7 Å². The Bertz CT molecular complexity index is 163. The molecule has 0 fully saturated rings. The molecule has 0 aromatic heterocycles. The summed E-state index contributed by atoms with van der Waals surface area (Å²) in [5.41, 5.74) is 0. The van der Waals surface area contributed by atoms with Crippen molar-refractivity contribution in [1.29, 1.82) is 0 Å². The van der Waals surface area contributed by atoms with Crippen molar-refractivity contribution >= 4 is 7.32 Å². The van der Waals surface area contributed by atoms with E-state index in [-0.39, 0.29) is 0 Å². The summed E-state index contributed by atoms with van der Waals surface area (Å²) in [7, 11) is -0.490. The lowest BCUT2D eigenvalue weighted by Gasteiger charge is -2.16. The third-order valence-electron chi connectivity index (χ3n) is 2.85. The van der Waals surface area contributed by atoms with Gasteiger partial charge in [0.05, 0.1) is 0 Å². The fourth-order valence-corrected chi connectivity index (χ4v) is 1.34. The summed E-state index contributed by atoms with van der Waals surface area (Å²) in [5, 5.41) is 0. The highest BCUT2D eigenvalue weighted by atomic mass is 16.7. The van der Waals surface area contributed by atoms with Crippen LogP contribution in [0.25, 0.3) is 0 Å². The molecular weight excluding hydrogens is 239 g/mol. The van der Waals surface area contributed by atoms with Crippen LogP contribution in [0.1, 0.15) is 60.8 Å². The molecule has 0 unspecified atom stereocenters. The first-order chi connectivity index (χ1) is 8.91. The Hall–Kier alpha value is -0.0551. The Morgan fingerprint density at radius 3 is 1.05 bits per heavy atom. The minimum atomic E-state index is -0.490. The van der Waals surface area contributed by atoms with Crippen molar-refractivity contribution in [2.75, 3.05) is 19.8 Å². The van der Waals surface area contributed by atoms with Crippen LogP contribution >= 0.6 is 0 Å². The molecule has 4 heteroatoms. The van der Waals surface area contributed by atoms with E-state index in [0.29, 0.717) is 37.6 Å². The monoisotopic (exact) mass is 272 g/mol. The van der Waals surface area contributed by atoms with Crippen LogP contribution in [-0.2, 0) is 14.0 Å². The van der Waals surface area contributed by atoms with Crippen molar-refractivity contribution in [2.24, 2.45) is 17.8 Å². The van der Waals surface area contributed by atoms with Crippen LogP contribution in [0.4, 0.5) is 0 Å². The Labute approximate surface area is 120 Å². The van der Waals surface area contributed by atoms with Crippen LogP contribution in [0.15, 0.2) is 0 Å². The molecule has 0 heterocycles. The number of hydrogen-bond donors (Lipinski definition) is 0. The molecule has 0 bridgehead atoms. The van der Waals surface area contributed by atoms with E-state index in [2.05, 4.69) is 41.5 Å². The Kier molecular flexibility index (Phi) is 11.7. The molecule has 0 rings (SSSR count). The van der Waals surface area contributed by atoms with Crippen LogP contribution in [0.3, 0.4) is 0 Å². The lowest BCUT2D eigenvalue weighted by Crippen LogP contribution is -2.29. The normalized spacial score (nSPS) is 11.8. The molecule has 0 radical (unpaired) electrons. The van der Waals surface area contributed by atoms with Crippen LogP contribution in [0.2, 0.25) is 0 Å². The molecule has 0 aromatic carbocycles. The lowest BCUT2D eigenvalue weighted by atomic mass is 10.1. The minimum Gasteiger partial charge on any atom is -0.386 e. The van der Waals surface area contributed by atoms with Crippen molar-refractivity contribution in [3.05, 3.63) is 0 Å². The molecule has 0 saturated carbocycles. The summed E-state index contributed by atoms with van der Waals surface area (Å²) in [6.07, 6.45) is 3.12. The van der Waals surface area contributed by atoms with Crippen molar-refractivity contribution in [2.45, 2.75) is 60.8 Å². The zero-order valence-electron chi connectivity index (χ0n) is 13.8. The fourth-order valence-electron chi connectivity index (χ4n) is 1.34. The molecule has 0 spiro atoms. The molecule has 0 aliphatic heterocycles. The second-order valence-electron chi connectivity index (χ2n) is 6.45. The Balaban J connectivity index is 3.85. The standard InChI is InChI=1S/C15H33BO3/c1-13(2)7-10-17-16(18-11-8-14(3)4)19-12-9-15(5)6/h13-15H,7-12H2,1-6H3. The Morgan fingerprint density at radius 1 is 0.579 bits per heavy atom. The van der Waals surface area contributed by atoms with Gasteiger partial charge in [0, 0.05) is 19.8 Å². The van der Waals surface area contributed by atoms with Crippen LogP contribution < -0.4 is 0 Å². The molecule has 0 aliphatic carbocycles.